The quantitative estimate of drug-likeness (QED) is 0.632. The summed E-state index contributed by atoms with van der Waals surface area (Å²) in [4.78, 5) is 16.7. The summed E-state index contributed by atoms with van der Waals surface area (Å²) in [6.07, 6.45) is 1.55. The van der Waals surface area contributed by atoms with Gasteiger partial charge >= 0.3 is 0 Å². The number of amides is 1. The highest BCUT2D eigenvalue weighted by molar-refractivity contribution is 9.10. The van der Waals surface area contributed by atoms with Crippen LogP contribution in [0, 0.1) is 0 Å². The second kappa shape index (κ2) is 8.19. The minimum Gasteiger partial charge on any atom is -0.497 e. The Bertz CT molecular complexity index is 657. The molecule has 0 atom stereocenters. The first-order valence-corrected chi connectivity index (χ1v) is 7.31. The molecule has 114 valence electrons. The molecule has 0 aliphatic rings. The Labute approximate surface area is 137 Å². The topological polar surface area (TPSA) is 59.9 Å². The van der Waals surface area contributed by atoms with Crippen LogP contribution in [-0.2, 0) is 9.63 Å². The van der Waals surface area contributed by atoms with E-state index in [-0.39, 0.29) is 12.5 Å². The molecule has 0 heterocycles. The number of hydrogen-bond acceptors (Lipinski definition) is 4. The highest BCUT2D eigenvalue weighted by atomic mass is 79.9. The molecule has 0 spiro atoms. The van der Waals surface area contributed by atoms with Crippen molar-refractivity contribution in [2.75, 3.05) is 19.0 Å². The first-order chi connectivity index (χ1) is 10.7. The summed E-state index contributed by atoms with van der Waals surface area (Å²) in [6, 6.07) is 14.7. The first-order valence-electron chi connectivity index (χ1n) is 6.52. The Balaban J connectivity index is 1.78. The van der Waals surface area contributed by atoms with Crippen molar-refractivity contribution in [3.63, 3.8) is 0 Å². The van der Waals surface area contributed by atoms with Crippen molar-refractivity contribution in [2.45, 2.75) is 0 Å². The molecule has 0 fully saturated rings. The lowest BCUT2D eigenvalue weighted by Gasteiger charge is -2.06. The van der Waals surface area contributed by atoms with E-state index >= 15 is 0 Å². The molecule has 2 aromatic carbocycles. The van der Waals surface area contributed by atoms with Crippen LogP contribution < -0.4 is 10.1 Å². The van der Waals surface area contributed by atoms with Gasteiger partial charge in [-0.15, -0.1) is 0 Å². The molecular weight excluding hydrogens is 348 g/mol. The van der Waals surface area contributed by atoms with Gasteiger partial charge in [0.15, 0.2) is 6.61 Å². The van der Waals surface area contributed by atoms with Crippen molar-refractivity contribution < 1.29 is 14.4 Å². The van der Waals surface area contributed by atoms with Crippen molar-refractivity contribution in [1.29, 1.82) is 0 Å². The molecule has 0 unspecified atom stereocenters. The molecule has 5 nitrogen and oxygen atoms in total. The number of benzene rings is 2. The van der Waals surface area contributed by atoms with Gasteiger partial charge in [-0.2, -0.15) is 0 Å². The molecule has 0 radical (unpaired) electrons. The van der Waals surface area contributed by atoms with Gasteiger partial charge in [-0.1, -0.05) is 39.3 Å². The van der Waals surface area contributed by atoms with Gasteiger partial charge in [0.1, 0.15) is 5.75 Å². The van der Waals surface area contributed by atoms with Crippen LogP contribution in [0.15, 0.2) is 58.2 Å². The van der Waals surface area contributed by atoms with Crippen molar-refractivity contribution in [3.8, 4) is 5.75 Å². The Morgan fingerprint density at radius 1 is 1.27 bits per heavy atom. The molecular formula is C16H15BrN2O3. The van der Waals surface area contributed by atoms with E-state index in [1.807, 2.05) is 24.3 Å². The lowest BCUT2D eigenvalue weighted by molar-refractivity contribution is -0.120. The van der Waals surface area contributed by atoms with E-state index in [1.165, 1.54) is 0 Å². The summed E-state index contributed by atoms with van der Waals surface area (Å²) < 4.78 is 6.07. The number of methoxy groups -OCH3 is 1. The van der Waals surface area contributed by atoms with Gasteiger partial charge in [-0.05, 0) is 29.8 Å². The fourth-order valence-electron chi connectivity index (χ4n) is 1.64. The number of carbonyl (C=O) groups is 1. The van der Waals surface area contributed by atoms with E-state index in [0.29, 0.717) is 11.4 Å². The van der Waals surface area contributed by atoms with E-state index < -0.39 is 0 Å². The van der Waals surface area contributed by atoms with Crippen LogP contribution in [-0.4, -0.2) is 25.8 Å². The summed E-state index contributed by atoms with van der Waals surface area (Å²) in [6.45, 7) is -0.162. The lowest BCUT2D eigenvalue weighted by Crippen LogP contribution is -2.16. The Kier molecular flexibility index (Phi) is 5.97. The van der Waals surface area contributed by atoms with Crippen LogP contribution in [0.2, 0.25) is 0 Å². The molecule has 0 bridgehead atoms. The van der Waals surface area contributed by atoms with Crippen LogP contribution in [0.5, 0.6) is 5.75 Å². The molecule has 2 rings (SSSR count). The number of hydrogen-bond donors (Lipinski definition) is 1. The first kappa shape index (κ1) is 16.0. The van der Waals surface area contributed by atoms with Gasteiger partial charge in [0.05, 0.1) is 13.3 Å². The molecule has 1 N–H and O–H groups in total. The maximum absolute atomic E-state index is 11.7. The normalized spacial score (nSPS) is 10.5. The van der Waals surface area contributed by atoms with Gasteiger partial charge in [0, 0.05) is 16.2 Å². The SMILES string of the molecule is COc1cccc(NC(=O)CO/N=C\c2ccc(Br)cc2)c1. The fourth-order valence-corrected chi connectivity index (χ4v) is 1.91. The van der Waals surface area contributed by atoms with Gasteiger partial charge < -0.3 is 14.9 Å². The Morgan fingerprint density at radius 3 is 2.77 bits per heavy atom. The number of anilines is 1. The second-order valence-electron chi connectivity index (χ2n) is 4.34. The average molecular weight is 363 g/mol. The predicted molar refractivity (Wildman–Crippen MR) is 89.3 cm³/mol. The number of oxime groups is 1. The molecule has 0 aliphatic carbocycles. The van der Waals surface area contributed by atoms with E-state index in [9.17, 15) is 4.79 Å². The average Bonchev–Trinajstić information content (AvgIpc) is 2.53. The number of nitrogens with one attached hydrogen (secondary N) is 1. The highest BCUT2D eigenvalue weighted by Gasteiger charge is 2.03. The minimum atomic E-state index is -0.291. The van der Waals surface area contributed by atoms with Gasteiger partial charge in [0.2, 0.25) is 0 Å². The van der Waals surface area contributed by atoms with Gasteiger partial charge in [-0.25, -0.2) is 0 Å². The van der Waals surface area contributed by atoms with Gasteiger partial charge in [0.25, 0.3) is 5.91 Å². The molecule has 6 heteroatoms. The van der Waals surface area contributed by atoms with E-state index in [4.69, 9.17) is 9.57 Å². The number of carbonyl (C=O) groups excluding carboxylic acids is 1. The molecule has 0 saturated heterocycles. The smallest absolute Gasteiger partial charge is 0.265 e. The van der Waals surface area contributed by atoms with E-state index in [1.54, 1.807) is 37.6 Å². The molecule has 0 aliphatic heterocycles. The fraction of sp³-hybridized carbons (Fsp3) is 0.125. The summed E-state index contributed by atoms with van der Waals surface area (Å²) in [5.41, 5.74) is 1.53. The Morgan fingerprint density at radius 2 is 2.05 bits per heavy atom. The third-order valence-corrected chi connectivity index (χ3v) is 3.22. The molecule has 22 heavy (non-hydrogen) atoms. The molecule has 0 aromatic heterocycles. The third kappa shape index (κ3) is 5.21. The van der Waals surface area contributed by atoms with Crippen molar-refractivity contribution >= 4 is 33.7 Å². The molecule has 1 amide bonds. The summed E-state index contributed by atoms with van der Waals surface area (Å²) in [5, 5.41) is 6.46. The van der Waals surface area contributed by atoms with E-state index in [2.05, 4.69) is 26.4 Å². The summed E-state index contributed by atoms with van der Waals surface area (Å²) in [7, 11) is 1.57. The zero-order valence-corrected chi connectivity index (χ0v) is 13.5. The van der Waals surface area contributed by atoms with Crippen LogP contribution in [0.3, 0.4) is 0 Å². The zero-order valence-electron chi connectivity index (χ0n) is 12.0. The lowest BCUT2D eigenvalue weighted by atomic mass is 10.2. The number of halogens is 1. The molecule has 2 aromatic rings. The van der Waals surface area contributed by atoms with Crippen molar-refractivity contribution in [2.24, 2.45) is 5.16 Å². The largest absolute Gasteiger partial charge is 0.497 e. The van der Waals surface area contributed by atoms with Crippen LogP contribution >= 0.6 is 15.9 Å². The van der Waals surface area contributed by atoms with Crippen molar-refractivity contribution in [3.05, 3.63) is 58.6 Å². The second-order valence-corrected chi connectivity index (χ2v) is 5.26. The maximum Gasteiger partial charge on any atom is 0.265 e. The van der Waals surface area contributed by atoms with Crippen LogP contribution in [0.1, 0.15) is 5.56 Å². The zero-order chi connectivity index (χ0) is 15.8. The maximum atomic E-state index is 11.7. The van der Waals surface area contributed by atoms with Crippen molar-refractivity contribution in [1.82, 2.24) is 0 Å². The number of rotatable bonds is 6. The van der Waals surface area contributed by atoms with Crippen LogP contribution in [0.4, 0.5) is 5.69 Å². The highest BCUT2D eigenvalue weighted by Crippen LogP contribution is 2.16. The third-order valence-electron chi connectivity index (χ3n) is 2.70. The number of nitrogens with zero attached hydrogens (tertiary/aromatic N) is 1. The van der Waals surface area contributed by atoms with E-state index in [0.717, 1.165) is 10.0 Å². The minimum absolute atomic E-state index is 0.162. The predicted octanol–water partition coefficient (Wildman–Crippen LogP) is 3.45. The standard InChI is InChI=1S/C16H15BrN2O3/c1-21-15-4-2-3-14(9-15)19-16(20)11-22-18-10-12-5-7-13(17)8-6-12/h2-10H,11H2,1H3,(H,19,20)/b18-10-. The molecule has 0 saturated carbocycles. The van der Waals surface area contributed by atoms with Gasteiger partial charge in [-0.3, -0.25) is 4.79 Å². The Hall–Kier alpha value is -2.34. The monoisotopic (exact) mass is 362 g/mol. The summed E-state index contributed by atoms with van der Waals surface area (Å²) >= 11 is 3.35. The summed E-state index contributed by atoms with van der Waals surface area (Å²) in [5.74, 6) is 0.383. The number of ether oxygens (including phenoxy) is 1. The van der Waals surface area contributed by atoms with Crippen LogP contribution in [0.25, 0.3) is 0 Å².